The van der Waals surface area contributed by atoms with Crippen molar-refractivity contribution in [1.29, 1.82) is 0 Å². The molecule has 5 N–H and O–H groups in total. The van der Waals surface area contributed by atoms with E-state index in [4.69, 9.17) is 5.73 Å². The zero-order chi connectivity index (χ0) is 15.6. The van der Waals surface area contributed by atoms with Crippen molar-refractivity contribution in [3.8, 4) is 0 Å². The Morgan fingerprint density at radius 2 is 1.95 bits per heavy atom. The second-order valence-electron chi connectivity index (χ2n) is 4.93. The molecular formula is C13H27N3O3S. The van der Waals surface area contributed by atoms with Crippen LogP contribution in [0.4, 0.5) is 4.79 Å². The van der Waals surface area contributed by atoms with Crippen LogP contribution < -0.4 is 16.4 Å². The van der Waals surface area contributed by atoms with Gasteiger partial charge in [0.25, 0.3) is 0 Å². The predicted molar refractivity (Wildman–Crippen MR) is 82.6 cm³/mol. The highest BCUT2D eigenvalue weighted by atomic mass is 32.2. The summed E-state index contributed by atoms with van der Waals surface area (Å²) in [7, 11) is 0. The van der Waals surface area contributed by atoms with Gasteiger partial charge in [-0.05, 0) is 31.3 Å². The first-order chi connectivity index (χ1) is 9.44. The number of carbonyl (C=O) groups is 2. The summed E-state index contributed by atoms with van der Waals surface area (Å²) in [6.07, 6.45) is 4.02. The molecule has 0 radical (unpaired) electrons. The summed E-state index contributed by atoms with van der Waals surface area (Å²) in [4.78, 5) is 23.0. The highest BCUT2D eigenvalue weighted by Gasteiger charge is 2.27. The molecule has 0 aromatic heterocycles. The number of primary amides is 1. The Kier molecular flexibility index (Phi) is 9.41. The lowest BCUT2D eigenvalue weighted by Gasteiger charge is -2.30. The topological polar surface area (TPSA) is 104 Å². The standard InChI is InChI=1S/C13H27N3O3S/c1-4-13(5-2,9-17)8-15-11(18)10(6-7-20-3)16-12(14)19/h10,17H,4-9H2,1-3H3,(H,15,18)(H3,14,16,19). The first-order valence-electron chi connectivity index (χ1n) is 6.88. The summed E-state index contributed by atoms with van der Waals surface area (Å²) in [6, 6.07) is -1.32. The lowest BCUT2D eigenvalue weighted by molar-refractivity contribution is -0.123. The zero-order valence-corrected chi connectivity index (χ0v) is 13.4. The van der Waals surface area contributed by atoms with E-state index in [1.165, 1.54) is 0 Å². The smallest absolute Gasteiger partial charge is 0.312 e. The minimum absolute atomic E-state index is 0.0268. The van der Waals surface area contributed by atoms with Gasteiger partial charge in [0.05, 0.1) is 6.61 Å². The lowest BCUT2D eigenvalue weighted by Crippen LogP contribution is -2.51. The van der Waals surface area contributed by atoms with Crippen LogP contribution in [0.3, 0.4) is 0 Å². The van der Waals surface area contributed by atoms with Crippen LogP contribution in [0.1, 0.15) is 33.1 Å². The van der Waals surface area contributed by atoms with Gasteiger partial charge in [0.1, 0.15) is 6.04 Å². The lowest BCUT2D eigenvalue weighted by atomic mass is 9.83. The van der Waals surface area contributed by atoms with Crippen molar-refractivity contribution in [2.24, 2.45) is 11.1 Å². The molecule has 3 amide bonds. The van der Waals surface area contributed by atoms with Gasteiger partial charge in [-0.2, -0.15) is 11.8 Å². The van der Waals surface area contributed by atoms with Crippen molar-refractivity contribution in [2.45, 2.75) is 39.2 Å². The molecule has 1 unspecified atom stereocenters. The maximum absolute atomic E-state index is 12.1. The normalized spacial score (nSPS) is 12.8. The van der Waals surface area contributed by atoms with Crippen LogP contribution in [-0.2, 0) is 4.79 Å². The SMILES string of the molecule is CCC(CC)(CO)CNC(=O)C(CCSC)NC(N)=O. The molecule has 7 heteroatoms. The van der Waals surface area contributed by atoms with Crippen LogP contribution in [0.15, 0.2) is 0 Å². The van der Waals surface area contributed by atoms with Crippen LogP contribution in [0.25, 0.3) is 0 Å². The molecule has 0 saturated heterocycles. The number of hydrogen-bond acceptors (Lipinski definition) is 4. The van der Waals surface area contributed by atoms with Crippen LogP contribution in [0.5, 0.6) is 0 Å². The second kappa shape index (κ2) is 9.88. The average Bonchev–Trinajstić information content (AvgIpc) is 2.44. The predicted octanol–water partition coefficient (Wildman–Crippen LogP) is 0.691. The number of urea groups is 1. The molecule has 118 valence electrons. The summed E-state index contributed by atoms with van der Waals surface area (Å²) in [5.41, 5.74) is 4.79. The van der Waals surface area contributed by atoms with Gasteiger partial charge in [-0.3, -0.25) is 4.79 Å². The van der Waals surface area contributed by atoms with E-state index in [-0.39, 0.29) is 17.9 Å². The Hall–Kier alpha value is -0.950. The maximum atomic E-state index is 12.1. The summed E-state index contributed by atoms with van der Waals surface area (Å²) in [5.74, 6) is 0.503. The van der Waals surface area contributed by atoms with Crippen molar-refractivity contribution < 1.29 is 14.7 Å². The fraction of sp³-hybridized carbons (Fsp3) is 0.846. The summed E-state index contributed by atoms with van der Waals surface area (Å²) in [6.45, 7) is 4.39. The van der Waals surface area contributed by atoms with Crippen LogP contribution in [-0.4, -0.2) is 48.2 Å². The van der Waals surface area contributed by atoms with Gasteiger partial charge in [0, 0.05) is 12.0 Å². The monoisotopic (exact) mass is 305 g/mol. The van der Waals surface area contributed by atoms with Crippen molar-refractivity contribution >= 4 is 23.7 Å². The number of thioether (sulfide) groups is 1. The molecule has 0 bridgehead atoms. The molecule has 0 rings (SSSR count). The van der Waals surface area contributed by atoms with E-state index in [0.29, 0.717) is 13.0 Å². The number of nitrogens with two attached hydrogens (primary N) is 1. The Balaban J connectivity index is 4.54. The van der Waals surface area contributed by atoms with Crippen LogP contribution >= 0.6 is 11.8 Å². The summed E-state index contributed by atoms with van der Waals surface area (Å²) >= 11 is 1.60. The van der Waals surface area contributed by atoms with Crippen LogP contribution in [0.2, 0.25) is 0 Å². The third-order valence-electron chi connectivity index (χ3n) is 3.72. The minimum Gasteiger partial charge on any atom is -0.396 e. The largest absolute Gasteiger partial charge is 0.396 e. The van der Waals surface area contributed by atoms with Crippen molar-refractivity contribution in [3.05, 3.63) is 0 Å². The molecule has 6 nitrogen and oxygen atoms in total. The number of rotatable bonds is 10. The molecule has 0 saturated carbocycles. The number of amides is 3. The van der Waals surface area contributed by atoms with E-state index < -0.39 is 12.1 Å². The Morgan fingerprint density at radius 1 is 1.35 bits per heavy atom. The number of nitrogens with one attached hydrogen (secondary N) is 2. The molecule has 20 heavy (non-hydrogen) atoms. The maximum Gasteiger partial charge on any atom is 0.312 e. The van der Waals surface area contributed by atoms with Gasteiger partial charge in [0.15, 0.2) is 0 Å². The Bertz CT molecular complexity index is 301. The van der Waals surface area contributed by atoms with Crippen molar-refractivity contribution in [2.75, 3.05) is 25.2 Å². The molecular weight excluding hydrogens is 278 g/mol. The fourth-order valence-corrected chi connectivity index (χ4v) is 2.32. The molecule has 0 aliphatic heterocycles. The highest BCUT2D eigenvalue weighted by Crippen LogP contribution is 2.24. The van der Waals surface area contributed by atoms with Gasteiger partial charge in [-0.15, -0.1) is 0 Å². The minimum atomic E-state index is -0.703. The quantitative estimate of drug-likeness (QED) is 0.476. The molecule has 0 aliphatic carbocycles. The molecule has 0 fully saturated rings. The van der Waals surface area contributed by atoms with E-state index in [9.17, 15) is 14.7 Å². The molecule has 0 heterocycles. The average molecular weight is 305 g/mol. The van der Waals surface area contributed by atoms with E-state index in [1.807, 2.05) is 20.1 Å². The molecule has 0 aliphatic rings. The first kappa shape index (κ1) is 19.1. The highest BCUT2D eigenvalue weighted by molar-refractivity contribution is 7.98. The number of hydrogen-bond donors (Lipinski definition) is 4. The van der Waals surface area contributed by atoms with Gasteiger partial charge in [-0.25, -0.2) is 4.79 Å². The van der Waals surface area contributed by atoms with E-state index in [0.717, 1.165) is 18.6 Å². The van der Waals surface area contributed by atoms with Crippen LogP contribution in [0, 0.1) is 5.41 Å². The van der Waals surface area contributed by atoms with Crippen molar-refractivity contribution in [1.82, 2.24) is 10.6 Å². The number of aliphatic hydroxyl groups excluding tert-OH is 1. The van der Waals surface area contributed by atoms with E-state index >= 15 is 0 Å². The Labute approximate surface area is 125 Å². The van der Waals surface area contributed by atoms with Crippen molar-refractivity contribution in [3.63, 3.8) is 0 Å². The number of aliphatic hydroxyl groups is 1. The third-order valence-corrected chi connectivity index (χ3v) is 4.36. The van der Waals surface area contributed by atoms with Gasteiger partial charge in [-0.1, -0.05) is 13.8 Å². The van der Waals surface area contributed by atoms with E-state index in [2.05, 4.69) is 10.6 Å². The fourth-order valence-electron chi connectivity index (χ4n) is 1.85. The molecule has 0 aromatic rings. The van der Waals surface area contributed by atoms with Gasteiger partial charge >= 0.3 is 6.03 Å². The molecule has 0 aromatic carbocycles. The van der Waals surface area contributed by atoms with E-state index in [1.54, 1.807) is 11.8 Å². The zero-order valence-electron chi connectivity index (χ0n) is 12.6. The third kappa shape index (κ3) is 6.47. The summed E-state index contributed by atoms with van der Waals surface area (Å²) in [5, 5.41) is 14.7. The number of carbonyl (C=O) groups excluding carboxylic acids is 2. The second-order valence-corrected chi connectivity index (χ2v) is 5.91. The summed E-state index contributed by atoms with van der Waals surface area (Å²) < 4.78 is 0. The molecule has 0 spiro atoms. The Morgan fingerprint density at radius 3 is 2.35 bits per heavy atom. The van der Waals surface area contributed by atoms with Gasteiger partial charge < -0.3 is 21.5 Å². The first-order valence-corrected chi connectivity index (χ1v) is 8.27. The van der Waals surface area contributed by atoms with Gasteiger partial charge in [0.2, 0.25) is 5.91 Å². The molecule has 1 atom stereocenters.